The summed E-state index contributed by atoms with van der Waals surface area (Å²) in [7, 11) is 3.22. The molecule has 7 nitrogen and oxygen atoms in total. The molecule has 7 heteroatoms. The number of aryl methyl sites for hydroxylation is 1. The summed E-state index contributed by atoms with van der Waals surface area (Å²) >= 11 is 0. The number of rotatable bonds is 2. The Kier molecular flexibility index (Phi) is 4.29. The van der Waals surface area contributed by atoms with Gasteiger partial charge in [-0.3, -0.25) is 13.9 Å². The van der Waals surface area contributed by atoms with Crippen molar-refractivity contribution < 1.29 is 5.11 Å². The Balaban J connectivity index is 1.86. The van der Waals surface area contributed by atoms with E-state index in [1.54, 1.807) is 23.7 Å². The van der Waals surface area contributed by atoms with Crippen LogP contribution in [0.25, 0.3) is 27.8 Å². The lowest BCUT2D eigenvalue weighted by atomic mass is 9.99. The summed E-state index contributed by atoms with van der Waals surface area (Å²) in [5.41, 5.74) is 5.03. The highest BCUT2D eigenvalue weighted by molar-refractivity contribution is 5.99. The number of nitrogens with zero attached hydrogens (tertiary/aromatic N) is 3. The third-order valence-corrected chi connectivity index (χ3v) is 6.60. The maximum absolute atomic E-state index is 13.6. The first-order chi connectivity index (χ1) is 16.5. The number of anilines is 1. The molecule has 1 aliphatic rings. The lowest BCUT2D eigenvalue weighted by Crippen LogP contribution is -2.37. The Bertz CT molecular complexity index is 1690. The second-order valence-corrected chi connectivity index (χ2v) is 8.55. The van der Waals surface area contributed by atoms with E-state index in [0.29, 0.717) is 10.9 Å². The molecule has 0 amide bonds. The molecule has 6 rings (SSSR count). The Morgan fingerprint density at radius 3 is 2.24 bits per heavy atom. The van der Waals surface area contributed by atoms with Gasteiger partial charge in [-0.1, -0.05) is 54.6 Å². The van der Waals surface area contributed by atoms with Crippen LogP contribution in [0.4, 0.5) is 5.69 Å². The Morgan fingerprint density at radius 1 is 0.824 bits per heavy atom. The minimum absolute atomic E-state index is 0.173. The molecule has 0 radical (unpaired) electrons. The van der Waals surface area contributed by atoms with Crippen LogP contribution >= 0.6 is 0 Å². The second-order valence-electron chi connectivity index (χ2n) is 8.55. The molecule has 0 aliphatic carbocycles. The number of hydrogen-bond acceptors (Lipinski definition) is 4. The number of aromatic hydroxyl groups is 1. The minimum atomic E-state index is -0.381. The average molecular weight is 450 g/mol. The van der Waals surface area contributed by atoms with Crippen molar-refractivity contribution >= 4 is 16.6 Å². The van der Waals surface area contributed by atoms with Gasteiger partial charge in [-0.25, -0.2) is 4.79 Å². The fraction of sp³-hybridized carbons (Fsp3) is 0.111. The van der Waals surface area contributed by atoms with Crippen molar-refractivity contribution in [3.05, 3.63) is 111 Å². The molecule has 0 bridgehead atoms. The van der Waals surface area contributed by atoms with Crippen LogP contribution in [0.2, 0.25) is 0 Å². The standard InChI is InChI=1S/C27H22N4O3/c1-29-24-21(26(33)30(2)27(29)34)23(17-8-4-3-5-9-17)31-20-11-7-6-10-19(20)28-22(25(24)31)16-12-14-18(32)15-13-16/h3-15,22,28,32H,1-2H3/t22-/m0/s1. The van der Waals surface area contributed by atoms with Gasteiger partial charge in [0.2, 0.25) is 0 Å². The summed E-state index contributed by atoms with van der Waals surface area (Å²) in [6.45, 7) is 0. The Morgan fingerprint density at radius 2 is 1.50 bits per heavy atom. The maximum Gasteiger partial charge on any atom is 0.331 e. The average Bonchev–Trinajstić information content (AvgIpc) is 3.23. The highest BCUT2D eigenvalue weighted by Crippen LogP contribution is 2.45. The van der Waals surface area contributed by atoms with Crippen molar-refractivity contribution in [1.82, 2.24) is 13.7 Å². The first-order valence-corrected chi connectivity index (χ1v) is 11.0. The van der Waals surface area contributed by atoms with Crippen molar-refractivity contribution in [2.24, 2.45) is 14.1 Å². The van der Waals surface area contributed by atoms with E-state index < -0.39 is 0 Å². The number of para-hydroxylation sites is 2. The molecule has 3 heterocycles. The van der Waals surface area contributed by atoms with Crippen molar-refractivity contribution in [2.45, 2.75) is 6.04 Å². The highest BCUT2D eigenvalue weighted by Gasteiger charge is 2.34. The van der Waals surface area contributed by atoms with Crippen LogP contribution in [0.1, 0.15) is 17.3 Å². The van der Waals surface area contributed by atoms with Crippen LogP contribution in [-0.2, 0) is 14.1 Å². The summed E-state index contributed by atoms with van der Waals surface area (Å²) in [4.78, 5) is 26.6. The van der Waals surface area contributed by atoms with Gasteiger partial charge < -0.3 is 15.0 Å². The summed E-state index contributed by atoms with van der Waals surface area (Å²) in [6.07, 6.45) is 0. The zero-order valence-electron chi connectivity index (χ0n) is 18.7. The van der Waals surface area contributed by atoms with Crippen LogP contribution in [-0.4, -0.2) is 18.8 Å². The number of nitrogens with one attached hydrogen (secondary N) is 1. The predicted molar refractivity (Wildman–Crippen MR) is 133 cm³/mol. The quantitative estimate of drug-likeness (QED) is 0.427. The van der Waals surface area contributed by atoms with Crippen LogP contribution in [0.15, 0.2) is 88.5 Å². The molecule has 5 aromatic rings. The van der Waals surface area contributed by atoms with E-state index in [4.69, 9.17) is 0 Å². The van der Waals surface area contributed by atoms with E-state index in [-0.39, 0.29) is 23.0 Å². The smallest absolute Gasteiger partial charge is 0.331 e. The third-order valence-electron chi connectivity index (χ3n) is 6.60. The van der Waals surface area contributed by atoms with E-state index in [1.165, 1.54) is 7.05 Å². The number of hydrogen-bond donors (Lipinski definition) is 2. The molecule has 1 aliphatic heterocycles. The van der Waals surface area contributed by atoms with Gasteiger partial charge in [-0.15, -0.1) is 0 Å². The van der Waals surface area contributed by atoms with E-state index >= 15 is 0 Å². The topological polar surface area (TPSA) is 81.2 Å². The number of phenolic OH excluding ortho intramolecular Hbond substituents is 1. The minimum Gasteiger partial charge on any atom is -0.508 e. The van der Waals surface area contributed by atoms with Gasteiger partial charge in [-0.2, -0.15) is 0 Å². The number of benzene rings is 3. The molecule has 168 valence electrons. The Hall–Kier alpha value is -4.52. The zero-order chi connectivity index (χ0) is 23.6. The number of phenols is 1. The predicted octanol–water partition coefficient (Wildman–Crippen LogP) is 3.92. The van der Waals surface area contributed by atoms with Crippen LogP contribution < -0.4 is 16.6 Å². The lowest BCUT2D eigenvalue weighted by molar-refractivity contribution is 0.475. The largest absolute Gasteiger partial charge is 0.508 e. The molecule has 0 spiro atoms. The molecular formula is C27H22N4O3. The van der Waals surface area contributed by atoms with Crippen LogP contribution in [0, 0.1) is 0 Å². The SMILES string of the molecule is Cn1c(=O)c2c(-c3ccccc3)n3c(c2n(C)c1=O)[C@H](c1ccc(O)cc1)Nc1ccccc1-3. The third kappa shape index (κ3) is 2.70. The normalized spacial score (nSPS) is 14.5. The van der Waals surface area contributed by atoms with Crippen molar-refractivity contribution in [1.29, 1.82) is 0 Å². The zero-order valence-corrected chi connectivity index (χ0v) is 18.7. The molecule has 0 fully saturated rings. The van der Waals surface area contributed by atoms with Crippen LogP contribution in [0.5, 0.6) is 5.75 Å². The Labute approximate surface area is 194 Å². The van der Waals surface area contributed by atoms with E-state index in [2.05, 4.69) is 9.88 Å². The van der Waals surface area contributed by atoms with Gasteiger partial charge >= 0.3 is 5.69 Å². The summed E-state index contributed by atoms with van der Waals surface area (Å²) < 4.78 is 4.82. The van der Waals surface area contributed by atoms with Gasteiger partial charge in [0.15, 0.2) is 0 Å². The molecular weight excluding hydrogens is 428 g/mol. The fourth-order valence-electron chi connectivity index (χ4n) is 5.00. The summed E-state index contributed by atoms with van der Waals surface area (Å²) in [5.74, 6) is 0.173. The van der Waals surface area contributed by atoms with Gasteiger partial charge in [0, 0.05) is 14.1 Å². The second kappa shape index (κ2) is 7.25. The van der Waals surface area contributed by atoms with E-state index in [9.17, 15) is 14.7 Å². The molecule has 0 saturated carbocycles. The number of aromatic nitrogens is 3. The van der Waals surface area contributed by atoms with Crippen molar-refractivity contribution in [3.63, 3.8) is 0 Å². The van der Waals surface area contributed by atoms with E-state index in [0.717, 1.165) is 38.5 Å². The van der Waals surface area contributed by atoms with Gasteiger partial charge in [0.05, 0.1) is 39.7 Å². The molecule has 3 aromatic carbocycles. The van der Waals surface area contributed by atoms with E-state index in [1.807, 2.05) is 66.7 Å². The van der Waals surface area contributed by atoms with Crippen molar-refractivity contribution in [3.8, 4) is 22.7 Å². The molecule has 2 N–H and O–H groups in total. The van der Waals surface area contributed by atoms with Gasteiger partial charge in [-0.05, 0) is 35.4 Å². The number of fused-ring (bicyclic) bond motifs is 5. The molecule has 2 aromatic heterocycles. The van der Waals surface area contributed by atoms with Gasteiger partial charge in [0.25, 0.3) is 5.56 Å². The molecule has 1 atom stereocenters. The monoisotopic (exact) mass is 450 g/mol. The highest BCUT2D eigenvalue weighted by atomic mass is 16.3. The van der Waals surface area contributed by atoms with Gasteiger partial charge in [0.1, 0.15) is 5.75 Å². The first kappa shape index (κ1) is 20.1. The van der Waals surface area contributed by atoms with Crippen molar-refractivity contribution in [2.75, 3.05) is 5.32 Å². The molecule has 0 saturated heterocycles. The van der Waals surface area contributed by atoms with Crippen LogP contribution in [0.3, 0.4) is 0 Å². The lowest BCUT2D eigenvalue weighted by Gasteiger charge is -2.31. The summed E-state index contributed by atoms with van der Waals surface area (Å²) in [6, 6.07) is 24.3. The first-order valence-electron chi connectivity index (χ1n) is 11.0. The summed E-state index contributed by atoms with van der Waals surface area (Å²) in [5, 5.41) is 14.0. The molecule has 34 heavy (non-hydrogen) atoms. The molecule has 0 unspecified atom stereocenters. The maximum atomic E-state index is 13.6. The fourth-order valence-corrected chi connectivity index (χ4v) is 5.00.